The van der Waals surface area contributed by atoms with Gasteiger partial charge in [0, 0.05) is 36.1 Å². The summed E-state index contributed by atoms with van der Waals surface area (Å²) in [6, 6.07) is 5.12. The molecule has 1 aromatic rings. The van der Waals surface area contributed by atoms with E-state index in [1.54, 1.807) is 18.2 Å². The summed E-state index contributed by atoms with van der Waals surface area (Å²) in [5, 5.41) is 3.82. The summed E-state index contributed by atoms with van der Waals surface area (Å²) in [5.74, 6) is 0.203. The van der Waals surface area contributed by atoms with Crippen molar-refractivity contribution >= 4 is 39.1 Å². The van der Waals surface area contributed by atoms with E-state index in [0.717, 1.165) is 11.8 Å². The monoisotopic (exact) mass is 394 g/mol. The zero-order valence-electron chi connectivity index (χ0n) is 14.2. The van der Waals surface area contributed by atoms with Crippen molar-refractivity contribution in [3.63, 3.8) is 0 Å². The number of benzene rings is 1. The van der Waals surface area contributed by atoms with Gasteiger partial charge in [-0.15, -0.1) is 0 Å². The Morgan fingerprint density at radius 1 is 1.25 bits per heavy atom. The highest BCUT2D eigenvalue weighted by atomic mass is 35.5. The molecule has 24 heavy (non-hydrogen) atoms. The number of sulfonamides is 1. The van der Waals surface area contributed by atoms with E-state index in [4.69, 9.17) is 23.2 Å². The zero-order valence-corrected chi connectivity index (χ0v) is 16.5. The Morgan fingerprint density at radius 2 is 1.92 bits per heavy atom. The number of halogens is 2. The number of carbonyl (C=O) groups is 1. The molecule has 0 unspecified atom stereocenters. The van der Waals surface area contributed by atoms with Crippen LogP contribution in [-0.2, 0) is 21.2 Å². The minimum atomic E-state index is -3.40. The summed E-state index contributed by atoms with van der Waals surface area (Å²) < 4.78 is 25.1. The molecule has 1 amide bonds. The molecule has 1 rings (SSSR count). The predicted octanol–water partition coefficient (Wildman–Crippen LogP) is 2.96. The summed E-state index contributed by atoms with van der Waals surface area (Å²) in [4.78, 5) is 11.8. The highest BCUT2D eigenvalue weighted by Gasteiger charge is 2.18. The van der Waals surface area contributed by atoms with Crippen LogP contribution in [0.1, 0.15) is 25.8 Å². The summed E-state index contributed by atoms with van der Waals surface area (Å²) >= 11 is 12.0. The van der Waals surface area contributed by atoms with Gasteiger partial charge in [-0.05, 0) is 30.0 Å². The van der Waals surface area contributed by atoms with E-state index in [1.807, 2.05) is 13.8 Å². The van der Waals surface area contributed by atoms with Gasteiger partial charge in [-0.1, -0.05) is 43.1 Å². The van der Waals surface area contributed by atoms with Crippen LogP contribution in [0.4, 0.5) is 0 Å². The van der Waals surface area contributed by atoms with Gasteiger partial charge >= 0.3 is 0 Å². The SMILES string of the molecule is CC(C)CNC(=O)CCN(CCc1ccc(Cl)cc1Cl)S(C)(=O)=O. The highest BCUT2D eigenvalue weighted by molar-refractivity contribution is 7.88. The van der Waals surface area contributed by atoms with Crippen molar-refractivity contribution in [3.05, 3.63) is 33.8 Å². The number of nitrogens with zero attached hydrogens (tertiary/aromatic N) is 1. The van der Waals surface area contributed by atoms with Gasteiger partial charge in [-0.3, -0.25) is 4.79 Å². The van der Waals surface area contributed by atoms with E-state index in [1.165, 1.54) is 4.31 Å². The van der Waals surface area contributed by atoms with E-state index >= 15 is 0 Å². The first-order valence-electron chi connectivity index (χ1n) is 7.75. The fraction of sp³-hybridized carbons (Fsp3) is 0.562. The molecule has 0 aromatic heterocycles. The van der Waals surface area contributed by atoms with Crippen LogP contribution in [0, 0.1) is 5.92 Å². The van der Waals surface area contributed by atoms with E-state index in [9.17, 15) is 13.2 Å². The second-order valence-corrected chi connectivity index (χ2v) is 8.92. The fourth-order valence-corrected chi connectivity index (χ4v) is 3.39. The summed E-state index contributed by atoms with van der Waals surface area (Å²) in [6.45, 7) is 4.99. The number of hydrogen-bond acceptors (Lipinski definition) is 3. The Bertz CT molecular complexity index is 663. The van der Waals surface area contributed by atoms with Crippen molar-refractivity contribution in [2.24, 2.45) is 5.92 Å². The summed E-state index contributed by atoms with van der Waals surface area (Å²) in [7, 11) is -3.40. The molecule has 0 aliphatic heterocycles. The Balaban J connectivity index is 2.62. The molecular formula is C16H24Cl2N2O3S. The van der Waals surface area contributed by atoms with Gasteiger partial charge in [0.1, 0.15) is 0 Å². The van der Waals surface area contributed by atoms with Crippen molar-refractivity contribution < 1.29 is 13.2 Å². The molecule has 0 atom stereocenters. The molecule has 0 heterocycles. The molecule has 8 heteroatoms. The largest absolute Gasteiger partial charge is 0.356 e. The fourth-order valence-electron chi connectivity index (χ4n) is 2.05. The Hall–Kier alpha value is -0.820. The average Bonchev–Trinajstić information content (AvgIpc) is 2.45. The van der Waals surface area contributed by atoms with Crippen molar-refractivity contribution in [3.8, 4) is 0 Å². The Labute approximate surface area is 154 Å². The van der Waals surface area contributed by atoms with Gasteiger partial charge in [-0.2, -0.15) is 0 Å². The van der Waals surface area contributed by atoms with E-state index in [2.05, 4.69) is 5.32 Å². The molecule has 0 saturated heterocycles. The molecule has 0 spiro atoms. The van der Waals surface area contributed by atoms with Gasteiger partial charge in [0.2, 0.25) is 15.9 Å². The maximum atomic E-state index is 11.9. The van der Waals surface area contributed by atoms with Crippen LogP contribution in [0.5, 0.6) is 0 Å². The predicted molar refractivity (Wildman–Crippen MR) is 99.0 cm³/mol. The topological polar surface area (TPSA) is 66.5 Å². The van der Waals surface area contributed by atoms with Crippen molar-refractivity contribution in [1.29, 1.82) is 0 Å². The third-order valence-corrected chi connectivity index (χ3v) is 5.30. The number of rotatable bonds is 9. The molecule has 0 aliphatic rings. The van der Waals surface area contributed by atoms with Crippen LogP contribution >= 0.6 is 23.2 Å². The Kier molecular flexibility index (Phi) is 8.50. The first-order chi connectivity index (χ1) is 11.1. The standard InChI is InChI=1S/C16H24Cl2N2O3S/c1-12(2)11-19-16(21)7-9-20(24(3,22)23)8-6-13-4-5-14(17)10-15(13)18/h4-5,10,12H,6-9,11H2,1-3H3,(H,19,21). The number of nitrogens with one attached hydrogen (secondary N) is 1. The number of carbonyl (C=O) groups excluding carboxylic acids is 1. The number of amides is 1. The van der Waals surface area contributed by atoms with Crippen LogP contribution in [0.25, 0.3) is 0 Å². The van der Waals surface area contributed by atoms with Gasteiger partial charge in [0.25, 0.3) is 0 Å². The average molecular weight is 395 g/mol. The smallest absolute Gasteiger partial charge is 0.221 e. The molecule has 0 aliphatic carbocycles. The lowest BCUT2D eigenvalue weighted by atomic mass is 10.1. The lowest BCUT2D eigenvalue weighted by Gasteiger charge is -2.20. The molecule has 0 fully saturated rings. The number of hydrogen-bond donors (Lipinski definition) is 1. The first kappa shape index (κ1) is 21.2. The van der Waals surface area contributed by atoms with Crippen LogP contribution < -0.4 is 5.32 Å². The van der Waals surface area contributed by atoms with Gasteiger partial charge in [0.05, 0.1) is 6.26 Å². The van der Waals surface area contributed by atoms with Crippen LogP contribution in [0.2, 0.25) is 10.0 Å². The molecule has 0 saturated carbocycles. The zero-order chi connectivity index (χ0) is 18.3. The second-order valence-electron chi connectivity index (χ2n) is 6.10. The van der Waals surface area contributed by atoms with E-state index in [0.29, 0.717) is 28.9 Å². The van der Waals surface area contributed by atoms with Gasteiger partial charge < -0.3 is 5.32 Å². The third kappa shape index (κ3) is 7.83. The van der Waals surface area contributed by atoms with E-state index in [-0.39, 0.29) is 25.4 Å². The van der Waals surface area contributed by atoms with Crippen LogP contribution in [0.15, 0.2) is 18.2 Å². The highest BCUT2D eigenvalue weighted by Crippen LogP contribution is 2.21. The second kappa shape index (κ2) is 9.61. The summed E-state index contributed by atoms with van der Waals surface area (Å²) in [5.41, 5.74) is 0.818. The lowest BCUT2D eigenvalue weighted by Crippen LogP contribution is -2.36. The molecule has 5 nitrogen and oxygen atoms in total. The maximum absolute atomic E-state index is 11.9. The molecule has 0 bridgehead atoms. The van der Waals surface area contributed by atoms with Gasteiger partial charge in [0.15, 0.2) is 0 Å². The van der Waals surface area contributed by atoms with Gasteiger partial charge in [-0.25, -0.2) is 12.7 Å². The molecule has 0 radical (unpaired) electrons. The van der Waals surface area contributed by atoms with Crippen molar-refractivity contribution in [1.82, 2.24) is 9.62 Å². The molecule has 1 N–H and O–H groups in total. The first-order valence-corrected chi connectivity index (χ1v) is 10.4. The quantitative estimate of drug-likeness (QED) is 0.699. The third-order valence-electron chi connectivity index (χ3n) is 3.41. The minimum Gasteiger partial charge on any atom is -0.356 e. The molecule has 1 aromatic carbocycles. The normalized spacial score (nSPS) is 12.0. The van der Waals surface area contributed by atoms with E-state index < -0.39 is 10.0 Å². The molecule has 136 valence electrons. The minimum absolute atomic E-state index is 0.133. The maximum Gasteiger partial charge on any atom is 0.221 e. The summed E-state index contributed by atoms with van der Waals surface area (Å²) in [6.07, 6.45) is 1.73. The van der Waals surface area contributed by atoms with Crippen molar-refractivity contribution in [2.75, 3.05) is 25.9 Å². The van der Waals surface area contributed by atoms with Crippen molar-refractivity contribution in [2.45, 2.75) is 26.7 Å². The lowest BCUT2D eigenvalue weighted by molar-refractivity contribution is -0.121. The van der Waals surface area contributed by atoms with Crippen LogP contribution in [0.3, 0.4) is 0 Å². The Morgan fingerprint density at radius 3 is 2.46 bits per heavy atom. The van der Waals surface area contributed by atoms with Crippen LogP contribution in [-0.4, -0.2) is 44.5 Å². The molecular weight excluding hydrogens is 371 g/mol.